The van der Waals surface area contributed by atoms with Crippen molar-refractivity contribution in [3.8, 4) is 11.5 Å². The molecule has 1 amide bonds. The van der Waals surface area contributed by atoms with Crippen molar-refractivity contribution < 1.29 is 14.3 Å². The van der Waals surface area contributed by atoms with Gasteiger partial charge in [0.2, 0.25) is 0 Å². The molecular weight excluding hydrogens is 360 g/mol. The monoisotopic (exact) mass is 380 g/mol. The minimum atomic E-state index is -0.263. The van der Waals surface area contributed by atoms with Gasteiger partial charge in [-0.05, 0) is 29.8 Å². The molecule has 3 rings (SSSR count). The van der Waals surface area contributed by atoms with Crippen LogP contribution in [0.5, 0.6) is 11.5 Å². The number of hydrogen-bond acceptors (Lipinski definition) is 5. The largest absolute Gasteiger partial charge is 0.494 e. The van der Waals surface area contributed by atoms with Crippen LogP contribution in [0.25, 0.3) is 0 Å². The summed E-state index contributed by atoms with van der Waals surface area (Å²) in [6, 6.07) is 18.9. The van der Waals surface area contributed by atoms with Crippen LogP contribution in [-0.2, 0) is 5.75 Å². The van der Waals surface area contributed by atoms with Crippen molar-refractivity contribution >= 4 is 23.4 Å². The molecule has 0 aliphatic rings. The number of hydrogen-bond donors (Lipinski definition) is 1. The van der Waals surface area contributed by atoms with Crippen LogP contribution < -0.4 is 14.8 Å². The van der Waals surface area contributed by atoms with E-state index in [2.05, 4.69) is 22.4 Å². The highest BCUT2D eigenvalue weighted by atomic mass is 32.2. The minimum absolute atomic E-state index is 0.263. The number of para-hydroxylation sites is 1. The zero-order valence-electron chi connectivity index (χ0n) is 15.1. The lowest BCUT2D eigenvalue weighted by Crippen LogP contribution is -2.15. The van der Waals surface area contributed by atoms with Gasteiger partial charge in [0.15, 0.2) is 0 Å². The van der Waals surface area contributed by atoms with Crippen LogP contribution in [0.3, 0.4) is 0 Å². The van der Waals surface area contributed by atoms with Gasteiger partial charge in [0, 0.05) is 11.9 Å². The van der Waals surface area contributed by atoms with E-state index in [1.54, 1.807) is 50.7 Å². The molecule has 0 radical (unpaired) electrons. The summed E-state index contributed by atoms with van der Waals surface area (Å²) < 4.78 is 10.7. The molecule has 0 bridgehead atoms. The van der Waals surface area contributed by atoms with Crippen molar-refractivity contribution in [1.29, 1.82) is 0 Å². The second kappa shape index (κ2) is 9.09. The van der Waals surface area contributed by atoms with Crippen LogP contribution >= 0.6 is 11.8 Å². The molecule has 0 unspecified atom stereocenters. The molecule has 0 fully saturated rings. The summed E-state index contributed by atoms with van der Waals surface area (Å²) >= 11 is 1.52. The Bertz CT molecular complexity index is 894. The lowest BCUT2D eigenvalue weighted by molar-refractivity contribution is 0.102. The van der Waals surface area contributed by atoms with E-state index >= 15 is 0 Å². The summed E-state index contributed by atoms with van der Waals surface area (Å²) in [7, 11) is 3.10. The van der Waals surface area contributed by atoms with E-state index in [0.29, 0.717) is 27.8 Å². The van der Waals surface area contributed by atoms with Gasteiger partial charge in [0.25, 0.3) is 5.91 Å². The third kappa shape index (κ3) is 4.60. The summed E-state index contributed by atoms with van der Waals surface area (Å²) in [5.41, 5.74) is 2.17. The standard InChI is InChI=1S/C21H20N2O3S/c1-25-17-11-6-12-18(26-2)19(17)23-20(24)16-10-7-13-22-21(16)27-14-15-8-4-3-5-9-15/h3-13H,14H2,1-2H3,(H,23,24). The maximum atomic E-state index is 12.9. The number of methoxy groups -OCH3 is 2. The van der Waals surface area contributed by atoms with E-state index in [0.717, 1.165) is 5.75 Å². The second-order valence-corrected chi connectivity index (χ2v) is 6.59. The fraction of sp³-hybridized carbons (Fsp3) is 0.143. The average molecular weight is 380 g/mol. The SMILES string of the molecule is COc1cccc(OC)c1NC(=O)c1cccnc1SCc1ccccc1. The molecule has 1 heterocycles. The van der Waals surface area contributed by atoms with Gasteiger partial charge in [0.1, 0.15) is 22.2 Å². The van der Waals surface area contributed by atoms with Gasteiger partial charge in [0.05, 0.1) is 19.8 Å². The van der Waals surface area contributed by atoms with Crippen molar-refractivity contribution in [2.75, 3.05) is 19.5 Å². The van der Waals surface area contributed by atoms with Gasteiger partial charge in [-0.1, -0.05) is 36.4 Å². The molecule has 0 saturated carbocycles. The van der Waals surface area contributed by atoms with Crippen molar-refractivity contribution in [1.82, 2.24) is 4.98 Å². The highest BCUT2D eigenvalue weighted by Crippen LogP contribution is 2.35. The van der Waals surface area contributed by atoms with Gasteiger partial charge in [-0.15, -0.1) is 11.8 Å². The Balaban J connectivity index is 1.82. The predicted octanol–water partition coefficient (Wildman–Crippen LogP) is 4.64. The molecule has 138 valence electrons. The number of nitrogens with zero attached hydrogens (tertiary/aromatic N) is 1. The van der Waals surface area contributed by atoms with Crippen LogP contribution in [0.15, 0.2) is 71.9 Å². The zero-order valence-corrected chi connectivity index (χ0v) is 16.0. The Morgan fingerprint density at radius 2 is 1.67 bits per heavy atom. The molecule has 27 heavy (non-hydrogen) atoms. The van der Waals surface area contributed by atoms with Crippen LogP contribution in [0.4, 0.5) is 5.69 Å². The predicted molar refractivity (Wildman–Crippen MR) is 108 cm³/mol. The van der Waals surface area contributed by atoms with Crippen molar-refractivity contribution in [3.05, 3.63) is 78.0 Å². The topological polar surface area (TPSA) is 60.5 Å². The Hall–Kier alpha value is -2.99. The normalized spacial score (nSPS) is 10.3. The third-order valence-corrected chi connectivity index (χ3v) is 4.98. The molecule has 0 aliphatic carbocycles. The Kier molecular flexibility index (Phi) is 6.33. The van der Waals surface area contributed by atoms with E-state index in [-0.39, 0.29) is 5.91 Å². The van der Waals surface area contributed by atoms with Gasteiger partial charge >= 0.3 is 0 Å². The molecule has 3 aromatic rings. The van der Waals surface area contributed by atoms with Gasteiger partial charge in [-0.25, -0.2) is 4.98 Å². The van der Waals surface area contributed by atoms with Crippen molar-refractivity contribution in [2.24, 2.45) is 0 Å². The van der Waals surface area contributed by atoms with Crippen LogP contribution in [0.1, 0.15) is 15.9 Å². The molecule has 0 aliphatic heterocycles. The van der Waals surface area contributed by atoms with E-state index in [1.165, 1.54) is 17.3 Å². The van der Waals surface area contributed by atoms with Crippen molar-refractivity contribution in [2.45, 2.75) is 10.8 Å². The van der Waals surface area contributed by atoms with E-state index in [1.807, 2.05) is 18.2 Å². The first kappa shape index (κ1) is 18.8. The summed E-state index contributed by atoms with van der Waals surface area (Å²) in [4.78, 5) is 17.3. The molecule has 0 spiro atoms. The lowest BCUT2D eigenvalue weighted by Gasteiger charge is -2.15. The van der Waals surface area contributed by atoms with Crippen LogP contribution in [-0.4, -0.2) is 25.1 Å². The molecule has 1 aromatic heterocycles. The molecule has 0 saturated heterocycles. The first-order valence-electron chi connectivity index (χ1n) is 8.37. The summed E-state index contributed by atoms with van der Waals surface area (Å²) in [5, 5.41) is 3.57. The fourth-order valence-electron chi connectivity index (χ4n) is 2.56. The molecule has 5 nitrogen and oxygen atoms in total. The Morgan fingerprint density at radius 1 is 0.963 bits per heavy atom. The number of carbonyl (C=O) groups is 1. The maximum Gasteiger partial charge on any atom is 0.258 e. The zero-order chi connectivity index (χ0) is 19.1. The number of benzene rings is 2. The van der Waals surface area contributed by atoms with Crippen LogP contribution in [0.2, 0.25) is 0 Å². The molecule has 2 aromatic carbocycles. The van der Waals surface area contributed by atoms with Gasteiger partial charge < -0.3 is 14.8 Å². The van der Waals surface area contributed by atoms with Crippen molar-refractivity contribution in [3.63, 3.8) is 0 Å². The lowest BCUT2D eigenvalue weighted by atomic mass is 10.2. The maximum absolute atomic E-state index is 12.9. The number of carbonyl (C=O) groups excluding carboxylic acids is 1. The van der Waals surface area contributed by atoms with Gasteiger partial charge in [-0.2, -0.15) is 0 Å². The Morgan fingerprint density at radius 3 is 2.33 bits per heavy atom. The number of rotatable bonds is 7. The molecule has 0 atom stereocenters. The van der Waals surface area contributed by atoms with E-state index in [4.69, 9.17) is 9.47 Å². The average Bonchev–Trinajstić information content (AvgIpc) is 2.73. The molecule has 6 heteroatoms. The third-order valence-electron chi connectivity index (χ3n) is 3.90. The summed E-state index contributed by atoms with van der Waals surface area (Å²) in [5.74, 6) is 1.53. The number of anilines is 1. The quantitative estimate of drug-likeness (QED) is 0.605. The number of amides is 1. The second-order valence-electron chi connectivity index (χ2n) is 5.62. The van der Waals surface area contributed by atoms with E-state index in [9.17, 15) is 4.79 Å². The fourth-order valence-corrected chi connectivity index (χ4v) is 3.51. The van der Waals surface area contributed by atoms with E-state index < -0.39 is 0 Å². The summed E-state index contributed by atoms with van der Waals surface area (Å²) in [6.45, 7) is 0. The first-order valence-corrected chi connectivity index (χ1v) is 9.35. The first-order chi connectivity index (χ1) is 13.2. The smallest absolute Gasteiger partial charge is 0.258 e. The number of ether oxygens (including phenoxy) is 2. The number of nitrogens with one attached hydrogen (secondary N) is 1. The number of aromatic nitrogens is 1. The number of thioether (sulfide) groups is 1. The Labute approximate surface area is 162 Å². The summed E-state index contributed by atoms with van der Waals surface area (Å²) in [6.07, 6.45) is 1.69. The minimum Gasteiger partial charge on any atom is -0.494 e. The molecule has 1 N–H and O–H groups in total. The van der Waals surface area contributed by atoms with Gasteiger partial charge in [-0.3, -0.25) is 4.79 Å². The highest BCUT2D eigenvalue weighted by Gasteiger charge is 2.17. The number of pyridine rings is 1. The highest BCUT2D eigenvalue weighted by molar-refractivity contribution is 7.98. The molecular formula is C21H20N2O3S. The van der Waals surface area contributed by atoms with Crippen LogP contribution in [0, 0.1) is 0 Å².